The van der Waals surface area contributed by atoms with E-state index in [1.54, 1.807) is 23.6 Å². The first-order valence-electron chi connectivity index (χ1n) is 12.6. The van der Waals surface area contributed by atoms with E-state index in [-0.39, 0.29) is 29.7 Å². The highest BCUT2D eigenvalue weighted by Gasteiger charge is 2.23. The van der Waals surface area contributed by atoms with Crippen LogP contribution < -0.4 is 5.56 Å². The van der Waals surface area contributed by atoms with Crippen molar-refractivity contribution in [2.45, 2.75) is 58.9 Å². The normalized spacial score (nSPS) is 12.0. The molecule has 4 rings (SSSR count). The number of unbranched alkanes of at least 4 members (excludes halogenated alkanes) is 1. The molecule has 0 saturated heterocycles. The number of aryl methyl sites for hydroxylation is 1. The minimum atomic E-state index is -0.509. The summed E-state index contributed by atoms with van der Waals surface area (Å²) in [6, 6.07) is 15.1. The summed E-state index contributed by atoms with van der Waals surface area (Å²) in [5, 5.41) is 11.4. The molecule has 2 aromatic heterocycles. The van der Waals surface area contributed by atoms with Crippen molar-refractivity contribution >= 4 is 0 Å². The van der Waals surface area contributed by atoms with Gasteiger partial charge >= 0.3 is 0 Å². The molecule has 7 heteroatoms. The quantitative estimate of drug-likeness (QED) is 0.264. The summed E-state index contributed by atoms with van der Waals surface area (Å²) in [7, 11) is 0. The molecule has 37 heavy (non-hydrogen) atoms. The third kappa shape index (κ3) is 5.61. The number of aromatic hydroxyl groups is 1. The van der Waals surface area contributed by atoms with Gasteiger partial charge in [0.25, 0.3) is 5.56 Å². The molecule has 1 atom stereocenters. The number of pyridine rings is 1. The average Bonchev–Trinajstić information content (AvgIpc) is 2.89. The van der Waals surface area contributed by atoms with Gasteiger partial charge in [-0.1, -0.05) is 56.7 Å². The van der Waals surface area contributed by atoms with Crippen LogP contribution in [0.2, 0.25) is 0 Å². The molecule has 192 valence electrons. The molecule has 1 unspecified atom stereocenters. The van der Waals surface area contributed by atoms with Crippen LogP contribution in [0, 0.1) is 18.7 Å². The van der Waals surface area contributed by atoms with Gasteiger partial charge in [-0.2, -0.15) is 9.37 Å². The molecule has 0 bridgehead atoms. The number of halogens is 2. The van der Waals surface area contributed by atoms with E-state index in [9.17, 15) is 18.7 Å². The van der Waals surface area contributed by atoms with Crippen LogP contribution in [0.15, 0.2) is 65.6 Å². The van der Waals surface area contributed by atoms with Gasteiger partial charge in [-0.15, -0.1) is 0 Å². The Labute approximate surface area is 215 Å². The van der Waals surface area contributed by atoms with Crippen molar-refractivity contribution < 1.29 is 13.9 Å². The molecule has 0 fully saturated rings. The van der Waals surface area contributed by atoms with E-state index in [4.69, 9.17) is 0 Å². The van der Waals surface area contributed by atoms with E-state index in [1.807, 2.05) is 44.2 Å². The fraction of sp³-hybridized carbons (Fsp3) is 0.300. The summed E-state index contributed by atoms with van der Waals surface area (Å²) in [6.45, 7) is 5.69. The predicted octanol–water partition coefficient (Wildman–Crippen LogP) is 6.53. The van der Waals surface area contributed by atoms with E-state index in [1.165, 1.54) is 18.3 Å². The van der Waals surface area contributed by atoms with Gasteiger partial charge in [0.05, 0.1) is 11.6 Å². The molecule has 5 nitrogen and oxygen atoms in total. The average molecular weight is 504 g/mol. The standard InChI is InChI=1S/C30H31F2N3O2/c1-4-6-10-27-34-29(36)25(30(37)35(27)26(5-2)22-8-7-9-23(31)18-22)17-20-11-13-21(14-12-20)24-15-16-33-28(32)19(24)3/h7-9,11-16,18,26,37H,4-6,10,17H2,1-3H3. The zero-order valence-corrected chi connectivity index (χ0v) is 21.3. The van der Waals surface area contributed by atoms with Crippen LogP contribution in [0.25, 0.3) is 11.1 Å². The fourth-order valence-corrected chi connectivity index (χ4v) is 4.71. The van der Waals surface area contributed by atoms with Gasteiger partial charge in [0, 0.05) is 24.6 Å². The van der Waals surface area contributed by atoms with Crippen LogP contribution in [0.1, 0.15) is 67.2 Å². The lowest BCUT2D eigenvalue weighted by molar-refractivity contribution is 0.368. The molecule has 4 aromatic rings. The summed E-state index contributed by atoms with van der Waals surface area (Å²) < 4.78 is 29.7. The summed E-state index contributed by atoms with van der Waals surface area (Å²) in [4.78, 5) is 21.1. The van der Waals surface area contributed by atoms with Crippen LogP contribution in [-0.4, -0.2) is 19.6 Å². The third-order valence-electron chi connectivity index (χ3n) is 6.74. The third-order valence-corrected chi connectivity index (χ3v) is 6.74. The molecule has 0 amide bonds. The second-order valence-corrected chi connectivity index (χ2v) is 9.24. The Kier molecular flexibility index (Phi) is 8.11. The van der Waals surface area contributed by atoms with Crippen LogP contribution in [0.3, 0.4) is 0 Å². The lowest BCUT2D eigenvalue weighted by atomic mass is 9.98. The molecule has 0 radical (unpaired) electrons. The van der Waals surface area contributed by atoms with Crippen LogP contribution in [-0.2, 0) is 12.8 Å². The van der Waals surface area contributed by atoms with Crippen LogP contribution >= 0.6 is 0 Å². The summed E-state index contributed by atoms with van der Waals surface area (Å²) in [5.74, 6) is -0.512. The molecule has 0 aliphatic carbocycles. The summed E-state index contributed by atoms with van der Waals surface area (Å²) in [5.41, 5.74) is 3.26. The number of benzene rings is 2. The highest BCUT2D eigenvalue weighted by Crippen LogP contribution is 2.31. The molecule has 2 heterocycles. The Hall–Kier alpha value is -3.87. The number of hydrogen-bond acceptors (Lipinski definition) is 4. The molecule has 1 N–H and O–H groups in total. The van der Waals surface area contributed by atoms with Crippen LogP contribution in [0.4, 0.5) is 8.78 Å². The number of nitrogens with zero attached hydrogens (tertiary/aromatic N) is 3. The molecule has 0 spiro atoms. The maximum Gasteiger partial charge on any atom is 0.280 e. The smallest absolute Gasteiger partial charge is 0.280 e. The van der Waals surface area contributed by atoms with Gasteiger partial charge in [0.15, 0.2) is 0 Å². The van der Waals surface area contributed by atoms with Crippen molar-refractivity contribution in [1.29, 1.82) is 0 Å². The van der Waals surface area contributed by atoms with Gasteiger partial charge in [0.1, 0.15) is 11.6 Å². The van der Waals surface area contributed by atoms with Crippen molar-refractivity contribution in [3.8, 4) is 17.0 Å². The predicted molar refractivity (Wildman–Crippen MR) is 141 cm³/mol. The van der Waals surface area contributed by atoms with Gasteiger partial charge in [0.2, 0.25) is 11.8 Å². The first-order chi connectivity index (χ1) is 17.8. The minimum absolute atomic E-state index is 0.140. The van der Waals surface area contributed by atoms with Crippen molar-refractivity contribution in [2.75, 3.05) is 0 Å². The van der Waals surface area contributed by atoms with Crippen LogP contribution in [0.5, 0.6) is 5.88 Å². The molecule has 0 aliphatic rings. The molecule has 0 aliphatic heterocycles. The second kappa shape index (κ2) is 11.5. The maximum atomic E-state index is 14.1. The summed E-state index contributed by atoms with van der Waals surface area (Å²) in [6.07, 6.45) is 4.43. The zero-order chi connectivity index (χ0) is 26.5. The fourth-order valence-electron chi connectivity index (χ4n) is 4.71. The topological polar surface area (TPSA) is 68.0 Å². The van der Waals surface area contributed by atoms with Gasteiger partial charge in [-0.05, 0) is 60.2 Å². The largest absolute Gasteiger partial charge is 0.494 e. The van der Waals surface area contributed by atoms with Gasteiger partial charge < -0.3 is 5.11 Å². The van der Waals surface area contributed by atoms with Gasteiger partial charge in [-0.3, -0.25) is 9.36 Å². The van der Waals surface area contributed by atoms with Crippen molar-refractivity contribution in [1.82, 2.24) is 14.5 Å². The molecular formula is C30H31F2N3O2. The van der Waals surface area contributed by atoms with E-state index < -0.39 is 11.5 Å². The number of rotatable bonds is 9. The number of hydrogen-bond donors (Lipinski definition) is 1. The Balaban J connectivity index is 1.74. The maximum absolute atomic E-state index is 14.1. The van der Waals surface area contributed by atoms with E-state index in [0.717, 1.165) is 29.5 Å². The first-order valence-corrected chi connectivity index (χ1v) is 12.6. The minimum Gasteiger partial charge on any atom is -0.494 e. The monoisotopic (exact) mass is 503 g/mol. The second-order valence-electron chi connectivity index (χ2n) is 9.24. The van der Waals surface area contributed by atoms with Crippen molar-refractivity contribution in [3.63, 3.8) is 0 Å². The van der Waals surface area contributed by atoms with E-state index in [2.05, 4.69) is 9.97 Å². The Morgan fingerprint density at radius 3 is 2.49 bits per heavy atom. The van der Waals surface area contributed by atoms with E-state index >= 15 is 0 Å². The van der Waals surface area contributed by atoms with E-state index in [0.29, 0.717) is 29.8 Å². The SMILES string of the molecule is CCCCc1nc(=O)c(Cc2ccc(-c3ccnc(F)c3C)cc2)c(O)n1C(CC)c1cccc(F)c1. The van der Waals surface area contributed by atoms with Crippen molar-refractivity contribution in [3.05, 3.63) is 111 Å². The lowest BCUT2D eigenvalue weighted by Crippen LogP contribution is -2.25. The lowest BCUT2D eigenvalue weighted by Gasteiger charge is -2.25. The molecule has 2 aromatic carbocycles. The van der Waals surface area contributed by atoms with Gasteiger partial charge in [-0.25, -0.2) is 9.37 Å². The highest BCUT2D eigenvalue weighted by molar-refractivity contribution is 5.66. The molecule has 0 saturated carbocycles. The Morgan fingerprint density at radius 1 is 1.05 bits per heavy atom. The Morgan fingerprint density at radius 2 is 1.81 bits per heavy atom. The highest BCUT2D eigenvalue weighted by atomic mass is 19.1. The van der Waals surface area contributed by atoms with Crippen molar-refractivity contribution in [2.24, 2.45) is 0 Å². The number of aromatic nitrogens is 3. The first kappa shape index (κ1) is 26.2. The Bertz CT molecular complexity index is 1450. The molecular weight excluding hydrogens is 472 g/mol. The zero-order valence-electron chi connectivity index (χ0n) is 21.3. The summed E-state index contributed by atoms with van der Waals surface area (Å²) >= 11 is 0.